The van der Waals surface area contributed by atoms with Gasteiger partial charge in [0.25, 0.3) is 0 Å². The Morgan fingerprint density at radius 3 is 2.61 bits per heavy atom. The molecular formula is C27H40N6O3. The molecule has 196 valence electrons. The Bertz CT molecular complexity index is 988. The number of hydrogen-bond donors (Lipinski definition) is 1. The zero-order valence-corrected chi connectivity index (χ0v) is 21.7. The largest absolute Gasteiger partial charge is 0.497 e. The van der Waals surface area contributed by atoms with E-state index in [4.69, 9.17) is 9.26 Å². The maximum absolute atomic E-state index is 12.9. The molecular weight excluding hydrogens is 456 g/mol. The Labute approximate surface area is 214 Å². The van der Waals surface area contributed by atoms with E-state index in [9.17, 15) is 4.79 Å². The predicted octanol–water partition coefficient (Wildman–Crippen LogP) is 2.74. The molecule has 3 fully saturated rings. The Kier molecular flexibility index (Phi) is 8.06. The molecule has 36 heavy (non-hydrogen) atoms. The molecule has 3 saturated heterocycles. The molecule has 4 heterocycles. The molecule has 1 N–H and O–H groups in total. The maximum atomic E-state index is 12.9. The number of carbonyl (C=O) groups is 1. The molecule has 3 aliphatic heterocycles. The summed E-state index contributed by atoms with van der Waals surface area (Å²) in [7, 11) is 3.88. The van der Waals surface area contributed by atoms with Crippen molar-refractivity contribution in [2.45, 2.75) is 32.1 Å². The summed E-state index contributed by atoms with van der Waals surface area (Å²) < 4.78 is 10.7. The molecule has 1 aromatic carbocycles. The van der Waals surface area contributed by atoms with Gasteiger partial charge in [0.15, 0.2) is 0 Å². The average Bonchev–Trinajstić information content (AvgIpc) is 3.58. The number of methoxy groups -OCH3 is 1. The van der Waals surface area contributed by atoms with Crippen LogP contribution in [0.15, 0.2) is 28.8 Å². The summed E-state index contributed by atoms with van der Waals surface area (Å²) >= 11 is 0. The maximum Gasteiger partial charge on any atom is 0.324 e. The molecule has 1 unspecified atom stereocenters. The molecule has 0 radical (unpaired) electrons. The van der Waals surface area contributed by atoms with Crippen molar-refractivity contribution in [1.82, 2.24) is 25.3 Å². The van der Waals surface area contributed by atoms with E-state index < -0.39 is 0 Å². The van der Waals surface area contributed by atoms with Crippen LogP contribution in [0.5, 0.6) is 5.75 Å². The Hall–Kier alpha value is -2.65. The summed E-state index contributed by atoms with van der Waals surface area (Å²) in [5, 5.41) is 7.40. The van der Waals surface area contributed by atoms with E-state index in [0.29, 0.717) is 17.8 Å². The number of likely N-dealkylation sites (tertiary alicyclic amines) is 2. The number of piperidine rings is 2. The lowest BCUT2D eigenvalue weighted by Crippen LogP contribution is -2.42. The quantitative estimate of drug-likeness (QED) is 0.597. The van der Waals surface area contributed by atoms with Crippen LogP contribution in [0.25, 0.3) is 11.4 Å². The van der Waals surface area contributed by atoms with E-state index in [2.05, 4.69) is 37.2 Å². The zero-order chi connectivity index (χ0) is 24.9. The van der Waals surface area contributed by atoms with Crippen molar-refractivity contribution in [2.75, 3.05) is 71.4 Å². The Balaban J connectivity index is 1.03. The van der Waals surface area contributed by atoms with Crippen LogP contribution >= 0.6 is 0 Å². The second-order valence-electron chi connectivity index (χ2n) is 10.8. The Morgan fingerprint density at radius 2 is 1.86 bits per heavy atom. The van der Waals surface area contributed by atoms with Gasteiger partial charge in [0.1, 0.15) is 5.75 Å². The SMILES string of the molecule is COc1ccc(-c2noc(N3CCC(C(=O)NCC4CCN(C[C@H]5CCCN(C)C5)C4)CC3)n2)cc1. The van der Waals surface area contributed by atoms with E-state index in [1.54, 1.807) is 7.11 Å². The van der Waals surface area contributed by atoms with E-state index in [1.807, 2.05) is 24.3 Å². The molecule has 0 bridgehead atoms. The number of aromatic nitrogens is 2. The molecule has 9 heteroatoms. The molecule has 1 aromatic heterocycles. The minimum absolute atomic E-state index is 0.0560. The van der Waals surface area contributed by atoms with Gasteiger partial charge in [0.2, 0.25) is 11.7 Å². The molecule has 2 aromatic rings. The highest BCUT2D eigenvalue weighted by Crippen LogP contribution is 2.26. The highest BCUT2D eigenvalue weighted by atomic mass is 16.5. The normalized spacial score (nSPS) is 24.2. The monoisotopic (exact) mass is 496 g/mol. The number of nitrogens with one attached hydrogen (secondary N) is 1. The highest BCUT2D eigenvalue weighted by molar-refractivity contribution is 5.79. The standard InChI is InChI=1S/C27H40N6O3/c1-31-12-3-4-21(17-31)19-32-13-9-20(18-32)16-28-26(34)23-10-14-33(15-11-23)27-29-25(30-36-27)22-5-7-24(35-2)8-6-22/h5-8,20-21,23H,3-4,9-19H2,1-2H3,(H,28,34)/t20?,21-/m0/s1. The van der Waals surface area contributed by atoms with Crippen LogP contribution in [0.4, 0.5) is 6.01 Å². The van der Waals surface area contributed by atoms with E-state index in [0.717, 1.165) is 56.3 Å². The summed E-state index contributed by atoms with van der Waals surface area (Å²) in [6.45, 7) is 8.25. The number of ether oxygens (including phenoxy) is 1. The molecule has 9 nitrogen and oxygen atoms in total. The summed E-state index contributed by atoms with van der Waals surface area (Å²) in [4.78, 5) is 24.6. The van der Waals surface area contributed by atoms with E-state index in [1.165, 1.54) is 45.4 Å². The minimum atomic E-state index is 0.0560. The van der Waals surface area contributed by atoms with Crippen LogP contribution in [-0.4, -0.2) is 92.4 Å². The summed E-state index contributed by atoms with van der Waals surface area (Å²) in [6, 6.07) is 8.13. The first-order valence-corrected chi connectivity index (χ1v) is 13.5. The van der Waals surface area contributed by atoms with Crippen LogP contribution in [0.1, 0.15) is 32.1 Å². The summed E-state index contributed by atoms with van der Waals surface area (Å²) in [5.74, 6) is 2.99. The molecule has 0 aliphatic carbocycles. The first-order chi connectivity index (χ1) is 17.6. The number of carbonyl (C=O) groups excluding carboxylic acids is 1. The number of anilines is 1. The number of hydrogen-bond acceptors (Lipinski definition) is 8. The second kappa shape index (κ2) is 11.6. The van der Waals surface area contributed by atoms with Crippen molar-refractivity contribution in [2.24, 2.45) is 17.8 Å². The molecule has 3 aliphatic rings. The van der Waals surface area contributed by atoms with Gasteiger partial charge in [-0.3, -0.25) is 4.79 Å². The van der Waals surface area contributed by atoms with Gasteiger partial charge < -0.3 is 29.3 Å². The lowest BCUT2D eigenvalue weighted by atomic mass is 9.96. The third-order valence-electron chi connectivity index (χ3n) is 8.07. The number of amides is 1. The topological polar surface area (TPSA) is 87.0 Å². The van der Waals surface area contributed by atoms with Gasteiger partial charge in [-0.05, 0) is 88.3 Å². The van der Waals surface area contributed by atoms with Gasteiger partial charge in [-0.25, -0.2) is 0 Å². The summed E-state index contributed by atoms with van der Waals surface area (Å²) in [6.07, 6.45) is 5.47. The second-order valence-corrected chi connectivity index (χ2v) is 10.8. The van der Waals surface area contributed by atoms with Crippen molar-refractivity contribution in [1.29, 1.82) is 0 Å². The van der Waals surface area contributed by atoms with Crippen molar-refractivity contribution >= 4 is 11.9 Å². The van der Waals surface area contributed by atoms with Gasteiger partial charge in [-0.1, -0.05) is 5.16 Å². The Morgan fingerprint density at radius 1 is 1.06 bits per heavy atom. The minimum Gasteiger partial charge on any atom is -0.497 e. The third-order valence-corrected chi connectivity index (χ3v) is 8.07. The van der Waals surface area contributed by atoms with E-state index >= 15 is 0 Å². The first-order valence-electron chi connectivity index (χ1n) is 13.5. The fourth-order valence-corrected chi connectivity index (χ4v) is 5.96. The van der Waals surface area contributed by atoms with Crippen molar-refractivity contribution in [3.63, 3.8) is 0 Å². The average molecular weight is 497 g/mol. The molecule has 5 rings (SSSR count). The van der Waals surface area contributed by atoms with Gasteiger partial charge in [-0.2, -0.15) is 4.98 Å². The molecule has 2 atom stereocenters. The highest BCUT2D eigenvalue weighted by Gasteiger charge is 2.30. The number of benzene rings is 1. The van der Waals surface area contributed by atoms with Crippen LogP contribution in [-0.2, 0) is 4.79 Å². The van der Waals surface area contributed by atoms with Crippen molar-refractivity contribution in [3.05, 3.63) is 24.3 Å². The van der Waals surface area contributed by atoms with Crippen molar-refractivity contribution < 1.29 is 14.1 Å². The van der Waals surface area contributed by atoms with Gasteiger partial charge in [0, 0.05) is 50.7 Å². The lowest BCUT2D eigenvalue weighted by molar-refractivity contribution is -0.125. The third kappa shape index (κ3) is 6.18. The van der Waals surface area contributed by atoms with Crippen LogP contribution in [0.3, 0.4) is 0 Å². The van der Waals surface area contributed by atoms with Crippen LogP contribution < -0.4 is 15.0 Å². The van der Waals surface area contributed by atoms with Gasteiger partial charge in [-0.15, -0.1) is 0 Å². The van der Waals surface area contributed by atoms with Crippen LogP contribution in [0, 0.1) is 17.8 Å². The van der Waals surface area contributed by atoms with Crippen molar-refractivity contribution in [3.8, 4) is 17.1 Å². The fraction of sp³-hybridized carbons (Fsp3) is 0.667. The summed E-state index contributed by atoms with van der Waals surface area (Å²) in [5.41, 5.74) is 0.886. The van der Waals surface area contributed by atoms with Crippen LogP contribution in [0.2, 0.25) is 0 Å². The smallest absolute Gasteiger partial charge is 0.324 e. The zero-order valence-electron chi connectivity index (χ0n) is 21.7. The van der Waals surface area contributed by atoms with Gasteiger partial charge in [0.05, 0.1) is 7.11 Å². The first kappa shape index (κ1) is 25.0. The number of nitrogens with zero attached hydrogens (tertiary/aromatic N) is 5. The predicted molar refractivity (Wildman–Crippen MR) is 139 cm³/mol. The molecule has 0 spiro atoms. The molecule has 0 saturated carbocycles. The molecule has 1 amide bonds. The number of rotatable bonds is 8. The van der Waals surface area contributed by atoms with E-state index in [-0.39, 0.29) is 11.8 Å². The fourth-order valence-electron chi connectivity index (χ4n) is 5.96. The lowest BCUT2D eigenvalue weighted by Gasteiger charge is -2.32. The van der Waals surface area contributed by atoms with Gasteiger partial charge >= 0.3 is 6.01 Å².